The van der Waals surface area contributed by atoms with Crippen LogP contribution in [0.15, 0.2) is 78.2 Å². The fourth-order valence-electron chi connectivity index (χ4n) is 3.93. The van der Waals surface area contributed by atoms with E-state index in [1.165, 1.54) is 0 Å². The molecule has 0 aliphatic carbocycles. The van der Waals surface area contributed by atoms with E-state index in [4.69, 9.17) is 24.7 Å². The third-order valence-corrected chi connectivity index (χ3v) is 5.76. The Labute approximate surface area is 217 Å². The van der Waals surface area contributed by atoms with E-state index in [9.17, 15) is 10.1 Å². The highest BCUT2D eigenvalue weighted by Gasteiger charge is 2.31. The van der Waals surface area contributed by atoms with E-state index in [2.05, 4.69) is 19.9 Å². The molecule has 7 heteroatoms. The summed E-state index contributed by atoms with van der Waals surface area (Å²) in [6.45, 7) is 7.42. The summed E-state index contributed by atoms with van der Waals surface area (Å²) in [6.07, 6.45) is 0.915. The summed E-state index contributed by atoms with van der Waals surface area (Å²) in [6, 6.07) is 21.7. The number of nitriles is 1. The lowest BCUT2D eigenvalue weighted by atomic mass is 9.83. The van der Waals surface area contributed by atoms with Crippen LogP contribution in [0.25, 0.3) is 0 Å². The maximum absolute atomic E-state index is 12.7. The molecule has 3 aromatic rings. The molecule has 0 fully saturated rings. The molecule has 0 saturated heterocycles. The van der Waals surface area contributed by atoms with Gasteiger partial charge in [0.15, 0.2) is 0 Å². The molecule has 1 aliphatic heterocycles. The minimum Gasteiger partial charge on any atom is -0.494 e. The van der Waals surface area contributed by atoms with E-state index < -0.39 is 11.9 Å². The number of fused-ring (bicyclic) bond motifs is 1. The van der Waals surface area contributed by atoms with E-state index in [1.807, 2.05) is 31.2 Å². The van der Waals surface area contributed by atoms with Gasteiger partial charge in [0.25, 0.3) is 0 Å². The van der Waals surface area contributed by atoms with Crippen molar-refractivity contribution in [2.24, 2.45) is 11.7 Å². The van der Waals surface area contributed by atoms with Crippen LogP contribution < -0.4 is 24.7 Å². The topological polar surface area (TPSA) is 104 Å². The second-order valence-electron chi connectivity index (χ2n) is 9.16. The van der Waals surface area contributed by atoms with Crippen molar-refractivity contribution in [3.63, 3.8) is 0 Å². The molecule has 3 aromatic carbocycles. The van der Waals surface area contributed by atoms with Crippen LogP contribution in [0.3, 0.4) is 0 Å². The number of benzene rings is 3. The number of esters is 1. The molecule has 4 rings (SSSR count). The first-order chi connectivity index (χ1) is 17.9. The molecule has 0 aromatic heterocycles. The number of carbonyl (C=O) groups is 1. The lowest BCUT2D eigenvalue weighted by molar-refractivity contribution is 0.0734. The highest BCUT2D eigenvalue weighted by atomic mass is 16.5. The molecule has 2 N–H and O–H groups in total. The van der Waals surface area contributed by atoms with Gasteiger partial charge in [-0.25, -0.2) is 4.79 Å². The highest BCUT2D eigenvalue weighted by molar-refractivity contribution is 5.91. The summed E-state index contributed by atoms with van der Waals surface area (Å²) in [5.74, 6) is 1.68. The van der Waals surface area contributed by atoms with E-state index in [0.29, 0.717) is 47.5 Å². The van der Waals surface area contributed by atoms with Gasteiger partial charge in [0.2, 0.25) is 5.88 Å². The Morgan fingerprint density at radius 2 is 1.65 bits per heavy atom. The van der Waals surface area contributed by atoms with Crippen LogP contribution in [0, 0.1) is 17.2 Å². The van der Waals surface area contributed by atoms with Gasteiger partial charge in [-0.05, 0) is 60.4 Å². The Morgan fingerprint density at radius 3 is 2.30 bits per heavy atom. The molecule has 0 saturated carbocycles. The fraction of sp³-hybridized carbons (Fsp3) is 0.267. The fourth-order valence-corrected chi connectivity index (χ4v) is 3.93. The Kier molecular flexibility index (Phi) is 7.99. The first kappa shape index (κ1) is 25.6. The molecule has 1 atom stereocenters. The third-order valence-electron chi connectivity index (χ3n) is 5.76. The molecule has 37 heavy (non-hydrogen) atoms. The molecule has 1 heterocycles. The molecule has 190 valence electrons. The van der Waals surface area contributed by atoms with Gasteiger partial charge < -0.3 is 24.7 Å². The molecule has 0 spiro atoms. The van der Waals surface area contributed by atoms with Crippen LogP contribution >= 0.6 is 0 Å². The number of hydrogen-bond acceptors (Lipinski definition) is 7. The zero-order valence-corrected chi connectivity index (χ0v) is 21.2. The van der Waals surface area contributed by atoms with Crippen molar-refractivity contribution in [1.29, 1.82) is 5.26 Å². The zero-order chi connectivity index (χ0) is 26.4. The minimum absolute atomic E-state index is 0.0202. The standard InChI is InChI=1S/C30H30N2O5/c1-4-15-34-22-9-5-20(6-10-22)28-25-14-13-24(16-27(25)37-29(32)26(28)17-31)36-30(33)21-7-11-23(12-8-21)35-18-19(2)3/h5-14,16,19,28H,4,15,18,32H2,1-3H3. The smallest absolute Gasteiger partial charge is 0.343 e. The van der Waals surface area contributed by atoms with Gasteiger partial charge in [0.05, 0.1) is 24.7 Å². The SMILES string of the molecule is CCCOc1ccc(C2C(C#N)=C(N)Oc3cc(OC(=O)c4ccc(OCC(C)C)cc4)ccc32)cc1. The van der Waals surface area contributed by atoms with Crippen LogP contribution in [0.5, 0.6) is 23.0 Å². The van der Waals surface area contributed by atoms with Crippen molar-refractivity contribution in [2.75, 3.05) is 13.2 Å². The van der Waals surface area contributed by atoms with Crippen molar-refractivity contribution in [3.05, 3.63) is 94.9 Å². The lowest BCUT2D eigenvalue weighted by Gasteiger charge is -2.26. The number of allylic oxidation sites excluding steroid dienone is 1. The van der Waals surface area contributed by atoms with E-state index in [1.54, 1.807) is 42.5 Å². The Morgan fingerprint density at radius 1 is 1.00 bits per heavy atom. The predicted molar refractivity (Wildman–Crippen MR) is 140 cm³/mol. The minimum atomic E-state index is -0.508. The van der Waals surface area contributed by atoms with Crippen LogP contribution in [-0.2, 0) is 0 Å². The van der Waals surface area contributed by atoms with Crippen LogP contribution in [0.2, 0.25) is 0 Å². The summed E-state index contributed by atoms with van der Waals surface area (Å²) in [5, 5.41) is 9.80. The van der Waals surface area contributed by atoms with Crippen molar-refractivity contribution in [2.45, 2.75) is 33.1 Å². The maximum atomic E-state index is 12.7. The van der Waals surface area contributed by atoms with Crippen LogP contribution in [-0.4, -0.2) is 19.2 Å². The van der Waals surface area contributed by atoms with Crippen molar-refractivity contribution in [3.8, 4) is 29.1 Å². The van der Waals surface area contributed by atoms with Gasteiger partial charge in [-0.2, -0.15) is 5.26 Å². The molecule has 0 bridgehead atoms. The van der Waals surface area contributed by atoms with Gasteiger partial charge >= 0.3 is 5.97 Å². The summed E-state index contributed by atoms with van der Waals surface area (Å²) in [4.78, 5) is 12.7. The summed E-state index contributed by atoms with van der Waals surface area (Å²) in [7, 11) is 0. The summed E-state index contributed by atoms with van der Waals surface area (Å²) < 4.78 is 22.7. The number of rotatable bonds is 9. The van der Waals surface area contributed by atoms with Gasteiger partial charge in [0, 0.05) is 11.6 Å². The summed E-state index contributed by atoms with van der Waals surface area (Å²) in [5.41, 5.74) is 8.45. The van der Waals surface area contributed by atoms with Gasteiger partial charge in [-0.3, -0.25) is 0 Å². The molecular formula is C30H30N2O5. The van der Waals surface area contributed by atoms with E-state index >= 15 is 0 Å². The van der Waals surface area contributed by atoms with E-state index in [0.717, 1.165) is 23.3 Å². The average Bonchev–Trinajstić information content (AvgIpc) is 2.90. The van der Waals surface area contributed by atoms with Crippen molar-refractivity contribution in [1.82, 2.24) is 0 Å². The summed E-state index contributed by atoms with van der Waals surface area (Å²) >= 11 is 0. The quantitative estimate of drug-likeness (QED) is 0.287. The molecule has 0 radical (unpaired) electrons. The molecular weight excluding hydrogens is 468 g/mol. The monoisotopic (exact) mass is 498 g/mol. The normalized spacial score (nSPS) is 14.4. The molecule has 7 nitrogen and oxygen atoms in total. The van der Waals surface area contributed by atoms with Gasteiger partial charge in [-0.15, -0.1) is 0 Å². The Bertz CT molecular complexity index is 1320. The van der Waals surface area contributed by atoms with Gasteiger partial charge in [0.1, 0.15) is 34.6 Å². The average molecular weight is 499 g/mol. The largest absolute Gasteiger partial charge is 0.494 e. The zero-order valence-electron chi connectivity index (χ0n) is 21.2. The molecule has 1 unspecified atom stereocenters. The first-order valence-corrected chi connectivity index (χ1v) is 12.3. The Balaban J connectivity index is 1.54. The van der Waals surface area contributed by atoms with Crippen LogP contribution in [0.4, 0.5) is 0 Å². The first-order valence-electron chi connectivity index (χ1n) is 12.3. The van der Waals surface area contributed by atoms with Crippen molar-refractivity contribution < 1.29 is 23.7 Å². The number of hydrogen-bond donors (Lipinski definition) is 1. The van der Waals surface area contributed by atoms with Gasteiger partial charge in [-0.1, -0.05) is 39.0 Å². The van der Waals surface area contributed by atoms with Crippen LogP contribution in [0.1, 0.15) is 54.6 Å². The van der Waals surface area contributed by atoms with Crippen molar-refractivity contribution >= 4 is 5.97 Å². The predicted octanol–water partition coefficient (Wildman–Crippen LogP) is 5.95. The number of nitrogens with zero attached hydrogens (tertiary/aromatic N) is 1. The Hall–Kier alpha value is -4.44. The lowest BCUT2D eigenvalue weighted by Crippen LogP contribution is -2.21. The highest BCUT2D eigenvalue weighted by Crippen LogP contribution is 2.43. The molecule has 0 amide bonds. The third kappa shape index (κ3) is 6.04. The maximum Gasteiger partial charge on any atom is 0.343 e. The second kappa shape index (κ2) is 11.5. The van der Waals surface area contributed by atoms with E-state index in [-0.39, 0.29) is 5.88 Å². The number of carbonyl (C=O) groups excluding carboxylic acids is 1. The second-order valence-corrected chi connectivity index (χ2v) is 9.16. The molecule has 1 aliphatic rings. The number of nitrogens with two attached hydrogens (primary N) is 1. The number of ether oxygens (including phenoxy) is 4.